The second kappa shape index (κ2) is 30.6. The maximum absolute atomic E-state index is 11.6. The van der Waals surface area contributed by atoms with Crippen molar-refractivity contribution in [3.63, 3.8) is 0 Å². The van der Waals surface area contributed by atoms with Gasteiger partial charge in [-0.15, -0.1) is 0 Å². The summed E-state index contributed by atoms with van der Waals surface area (Å²) < 4.78 is 115. The first kappa shape index (κ1) is 71.3. The van der Waals surface area contributed by atoms with Gasteiger partial charge in [0.05, 0.1) is 55.9 Å². The molecule has 0 aliphatic carbocycles. The summed E-state index contributed by atoms with van der Waals surface area (Å²) in [6.45, 7) is -6.46. The summed E-state index contributed by atoms with van der Waals surface area (Å²) in [5, 5.41) is 222. The van der Waals surface area contributed by atoms with Gasteiger partial charge in [-0.2, -0.15) is 11.8 Å². The van der Waals surface area contributed by atoms with Gasteiger partial charge in [-0.05, 0) is 0 Å². The second-order valence-corrected chi connectivity index (χ2v) is 23.5. The summed E-state index contributed by atoms with van der Waals surface area (Å²) in [6.07, 6.45) is -71.4. The van der Waals surface area contributed by atoms with Crippen LogP contribution in [0.4, 0.5) is 0 Å². The first-order valence-corrected chi connectivity index (χ1v) is 28.9. The van der Waals surface area contributed by atoms with E-state index in [0.29, 0.717) is 0 Å². The zero-order valence-electron chi connectivity index (χ0n) is 44.3. The van der Waals surface area contributed by atoms with Gasteiger partial charge in [0, 0.05) is 17.3 Å². The predicted molar refractivity (Wildman–Crippen MR) is 253 cm³/mol. The molecule has 0 amide bonds. The topological polar surface area (TPSA) is 591 Å². The Morgan fingerprint density at radius 1 is 0.286 bits per heavy atom. The molecule has 14 bridgehead atoms. The van der Waals surface area contributed by atoms with Gasteiger partial charge in [-0.25, -0.2) is 8.42 Å². The smallest absolute Gasteiger partial charge is 0.748 e. The summed E-state index contributed by atoms with van der Waals surface area (Å²) in [5.41, 5.74) is 0. The molecule has 21 rings (SSSR count). The van der Waals surface area contributed by atoms with E-state index in [0.717, 1.165) is 11.8 Å². The molecule has 0 aromatic carbocycles. The molecule has 21 heterocycles. The van der Waals surface area contributed by atoms with Crippen molar-refractivity contribution in [3.8, 4) is 0 Å². The number of thioether (sulfide) groups is 1. The van der Waals surface area contributed by atoms with Crippen LogP contribution in [0.25, 0.3) is 0 Å². The van der Waals surface area contributed by atoms with Crippen molar-refractivity contribution < 1.29 is 211 Å². The molecule has 0 saturated carbocycles. The molecular formula is C44H73NaO37S2. The van der Waals surface area contributed by atoms with E-state index in [-0.39, 0.29) is 29.6 Å². The minimum absolute atomic E-state index is 0. The zero-order chi connectivity index (χ0) is 60.7. The number of hydrogen-bond donors (Lipinski definition) is 20. The van der Waals surface area contributed by atoms with Crippen LogP contribution in [-0.2, 0) is 76.4 Å². The van der Waals surface area contributed by atoms with Gasteiger partial charge in [0.15, 0.2) is 44.0 Å². The molecule has 0 radical (unpaired) electrons. The molecule has 21 saturated heterocycles. The van der Waals surface area contributed by atoms with Crippen molar-refractivity contribution in [1.29, 1.82) is 0 Å². The summed E-state index contributed by atoms with van der Waals surface area (Å²) in [5.74, 6) is -1.75. The van der Waals surface area contributed by atoms with Crippen LogP contribution in [0.1, 0.15) is 0 Å². The molecule has 484 valence electrons. The van der Waals surface area contributed by atoms with Crippen LogP contribution in [-0.4, -0.2) is 387 Å². The van der Waals surface area contributed by atoms with E-state index in [4.69, 9.17) is 66.3 Å². The van der Waals surface area contributed by atoms with Crippen LogP contribution < -0.4 is 29.6 Å². The first-order chi connectivity index (χ1) is 39.3. The molecule has 0 unspecified atom stereocenters. The molecule has 35 atom stereocenters. The second-order valence-electron chi connectivity index (χ2n) is 20.8. The van der Waals surface area contributed by atoms with Crippen LogP contribution in [0.15, 0.2) is 0 Å². The Bertz CT molecular complexity index is 2120. The molecule has 21 aliphatic rings. The maximum Gasteiger partial charge on any atom is 1.00 e. The Kier molecular flexibility index (Phi) is 26.0. The SMILES string of the molecule is O=S(=O)([O-])CCSC[C@H]1O[C@@H]2O[C@H]3[C@H](O)[C@@H](O)[C@@H](O[C@H]4[C@H](O)[C@@H](O)[C@@H](O[C@H]5[C@H](O)[C@@H](O)[C@@H](O[C@H]6[C@H](O)[C@@H](O)[C@@H](O[C@H]7[C@H](O)[C@@H](O)[C@@H](O[C@H]8[C@H](O)[C@@H](O)[C@@H](O[C@H]1[C@H](O)[C@H]2O)O[C@@H]8CO)O[C@@H]7CO)O[C@@H]6CO)O[C@@H]5CO)O[C@@H]4CO)O[C@@H]3CO.[Na+]. The third kappa shape index (κ3) is 15.2. The third-order valence-electron chi connectivity index (χ3n) is 15.4. The molecule has 21 fully saturated rings. The molecule has 21 aliphatic heterocycles. The molecule has 20 N–H and O–H groups in total. The van der Waals surface area contributed by atoms with Crippen LogP contribution >= 0.6 is 11.8 Å². The van der Waals surface area contributed by atoms with Gasteiger partial charge in [0.25, 0.3) is 0 Å². The quantitative estimate of drug-likeness (QED) is 0.0519. The van der Waals surface area contributed by atoms with Crippen molar-refractivity contribution in [1.82, 2.24) is 0 Å². The van der Waals surface area contributed by atoms with Crippen molar-refractivity contribution in [2.75, 3.05) is 56.9 Å². The molecule has 0 aromatic rings. The Labute approximate surface area is 502 Å². The minimum Gasteiger partial charge on any atom is -0.748 e. The van der Waals surface area contributed by atoms with E-state index >= 15 is 0 Å². The molecule has 0 aromatic heterocycles. The molecule has 84 heavy (non-hydrogen) atoms. The molecule has 40 heteroatoms. The standard InChI is InChI=1S/C44H74O37S2.Na/c45-3-10-31-18(52)25(59)39(69-10)77-33-12(5-47)71-41(27(61)20(33)54)79-35-14(7-49)73-43(29(63)22(35)56)81-37-16(9-82-1-2-83(65,66)67)74-44(30(64)23(37)57)80-36-15(8-50)72-42(28(62)21(36)55)78-34-13(6-48)70-40(26(60)19(34)53)76-32-11(4-46)68-38(75-31)24(58)17(32)51;/h10-64H,1-9H2,(H,65,66,67);/q;+1/p-1/t10-,11-,12-,13-,14-,15-,16-,17-,18-,19-,20-,21-,22-,23-,24-,25-,26-,27-,28-,29-,30-,31-,32-,33-,34-,35-,36-,37-,38-,39-,40-,41-,42-,43-,44-;/m1./s1. The average Bonchev–Trinajstić information content (AvgIpc) is 3.36. The number of rotatable bonds is 11. The number of aliphatic hydroxyl groups excluding tert-OH is 20. The van der Waals surface area contributed by atoms with Crippen LogP contribution in [0.3, 0.4) is 0 Å². The summed E-state index contributed by atoms with van der Waals surface area (Å²) >= 11 is 0.723. The predicted octanol–water partition coefficient (Wildman–Crippen LogP) is -17.9. The first-order valence-electron chi connectivity index (χ1n) is 26.2. The van der Waals surface area contributed by atoms with Crippen LogP contribution in [0, 0.1) is 0 Å². The number of aliphatic hydroxyl groups is 20. The van der Waals surface area contributed by atoms with Crippen molar-refractivity contribution in [2.24, 2.45) is 0 Å². The van der Waals surface area contributed by atoms with Crippen LogP contribution in [0.5, 0.6) is 0 Å². The maximum atomic E-state index is 11.6. The summed E-state index contributed by atoms with van der Waals surface area (Å²) in [7, 11) is -4.78. The van der Waals surface area contributed by atoms with Gasteiger partial charge < -0.3 is 173 Å². The average molecular weight is 1280 g/mol. The Morgan fingerprint density at radius 2 is 0.452 bits per heavy atom. The van der Waals surface area contributed by atoms with Gasteiger partial charge in [0.1, 0.15) is 165 Å². The Hall–Kier alpha value is -0.100. The van der Waals surface area contributed by atoms with E-state index in [1.165, 1.54) is 0 Å². The van der Waals surface area contributed by atoms with Gasteiger partial charge in [-0.1, -0.05) is 0 Å². The van der Waals surface area contributed by atoms with E-state index in [1.807, 2.05) is 0 Å². The van der Waals surface area contributed by atoms with E-state index < -0.39 is 282 Å². The third-order valence-corrected chi connectivity index (χ3v) is 17.4. The normalized spacial score (nSPS) is 51.8. The molecule has 37 nitrogen and oxygen atoms in total. The number of hydrogen-bond acceptors (Lipinski definition) is 38. The number of ether oxygens (including phenoxy) is 14. The Balaban J connectivity index is 0.0000101. The van der Waals surface area contributed by atoms with Crippen LogP contribution in [0.2, 0.25) is 0 Å². The molecular weight excluding hydrogens is 1210 g/mol. The van der Waals surface area contributed by atoms with E-state index in [1.54, 1.807) is 0 Å². The van der Waals surface area contributed by atoms with Crippen molar-refractivity contribution >= 4 is 21.9 Å². The fourth-order valence-electron chi connectivity index (χ4n) is 10.8. The minimum atomic E-state index is -4.78. The fourth-order valence-corrected chi connectivity index (χ4v) is 12.7. The zero-order valence-corrected chi connectivity index (χ0v) is 47.9. The monoisotopic (exact) mass is 1280 g/mol. The van der Waals surface area contributed by atoms with Gasteiger partial charge >= 0.3 is 29.6 Å². The summed E-state index contributed by atoms with van der Waals surface area (Å²) in [6, 6.07) is 0. The summed E-state index contributed by atoms with van der Waals surface area (Å²) in [4.78, 5) is 0. The van der Waals surface area contributed by atoms with Gasteiger partial charge in [0.2, 0.25) is 0 Å². The largest absolute Gasteiger partial charge is 1.00 e. The van der Waals surface area contributed by atoms with E-state index in [9.17, 15) is 115 Å². The van der Waals surface area contributed by atoms with Crippen molar-refractivity contribution in [3.05, 3.63) is 0 Å². The Morgan fingerprint density at radius 3 is 0.619 bits per heavy atom. The molecule has 0 spiro atoms. The van der Waals surface area contributed by atoms with E-state index in [2.05, 4.69) is 0 Å². The fraction of sp³-hybridized carbons (Fsp3) is 1.00. The van der Waals surface area contributed by atoms with Gasteiger partial charge in [-0.3, -0.25) is 0 Å². The van der Waals surface area contributed by atoms with Crippen molar-refractivity contribution in [2.45, 2.75) is 215 Å².